The number of amides is 1. The van der Waals surface area contributed by atoms with E-state index >= 15 is 0 Å². The van der Waals surface area contributed by atoms with Crippen molar-refractivity contribution < 1.29 is 13.6 Å². The van der Waals surface area contributed by atoms with Gasteiger partial charge in [0, 0.05) is 31.3 Å². The minimum atomic E-state index is -2.72. The molecule has 1 atom stereocenters. The van der Waals surface area contributed by atoms with Gasteiger partial charge in [-0.3, -0.25) is 4.79 Å². The van der Waals surface area contributed by atoms with Gasteiger partial charge in [0.05, 0.1) is 12.2 Å². The highest BCUT2D eigenvalue weighted by atomic mass is 32.1. The van der Waals surface area contributed by atoms with E-state index in [1.807, 2.05) is 6.07 Å². The van der Waals surface area contributed by atoms with Gasteiger partial charge in [-0.05, 0) is 18.6 Å². The molecule has 3 aromatic rings. The van der Waals surface area contributed by atoms with Crippen LogP contribution in [0, 0.1) is 12.8 Å². The minimum absolute atomic E-state index is 0.132. The maximum atomic E-state index is 13.1. The molecule has 0 aliphatic heterocycles. The Hall–Kier alpha value is -2.82. The van der Waals surface area contributed by atoms with Crippen LogP contribution in [0.4, 0.5) is 8.78 Å². The van der Waals surface area contributed by atoms with Crippen LogP contribution >= 0.6 is 11.3 Å². The van der Waals surface area contributed by atoms with Gasteiger partial charge in [-0.15, -0.1) is 0 Å². The molecule has 1 aliphatic carbocycles. The van der Waals surface area contributed by atoms with Crippen LogP contribution in [0.25, 0.3) is 5.13 Å². The molecule has 142 valence electrons. The zero-order chi connectivity index (χ0) is 19.2. The summed E-state index contributed by atoms with van der Waals surface area (Å²) in [7, 11) is 0. The summed E-state index contributed by atoms with van der Waals surface area (Å²) < 4.78 is 28.3. The number of carbonyl (C=O) groups is 1. The Bertz CT molecular complexity index is 1040. The molecular formula is C16H16F2N6O2S. The molecule has 2 N–H and O–H groups in total. The lowest BCUT2D eigenvalue weighted by Crippen LogP contribution is -2.25. The van der Waals surface area contributed by atoms with E-state index in [0.717, 1.165) is 21.6 Å². The standard InChI is InChI=1S/C16H16F2N6O2S/c1-9-12(13(25)20-6-10-2-3-19-5-10)27-14(22-9)23-8-21-24(15(23)26)7-11-4-16(11,17)18/h2-3,5,8,11,19H,4,6-7H2,1H3,(H,20,25). The summed E-state index contributed by atoms with van der Waals surface area (Å²) in [5.41, 5.74) is 0.862. The van der Waals surface area contributed by atoms with Gasteiger partial charge >= 0.3 is 5.69 Å². The van der Waals surface area contributed by atoms with Gasteiger partial charge in [0.1, 0.15) is 11.2 Å². The third kappa shape index (κ3) is 3.42. The SMILES string of the molecule is Cc1nc(-n2cnn(CC3CC3(F)F)c2=O)sc1C(=O)NCc1cc[nH]c1. The number of hydrogen-bond acceptors (Lipinski definition) is 5. The molecule has 1 fully saturated rings. The van der Waals surface area contributed by atoms with Crippen LogP contribution in [0.15, 0.2) is 29.6 Å². The number of aromatic amines is 1. The molecule has 1 saturated carbocycles. The van der Waals surface area contributed by atoms with E-state index in [4.69, 9.17) is 0 Å². The Kier molecular flexibility index (Phi) is 4.17. The van der Waals surface area contributed by atoms with Crippen LogP contribution in [0.5, 0.6) is 0 Å². The zero-order valence-corrected chi connectivity index (χ0v) is 15.1. The van der Waals surface area contributed by atoms with Crippen LogP contribution in [-0.2, 0) is 13.1 Å². The van der Waals surface area contributed by atoms with Gasteiger partial charge in [-0.2, -0.15) is 5.10 Å². The van der Waals surface area contributed by atoms with E-state index < -0.39 is 17.5 Å². The normalized spacial score (nSPS) is 17.8. The van der Waals surface area contributed by atoms with Crippen LogP contribution < -0.4 is 11.0 Å². The quantitative estimate of drug-likeness (QED) is 0.665. The second-order valence-corrected chi connectivity index (χ2v) is 7.42. The predicted octanol–water partition coefficient (Wildman–Crippen LogP) is 1.71. The molecule has 0 radical (unpaired) electrons. The molecule has 0 aromatic carbocycles. The van der Waals surface area contributed by atoms with E-state index in [1.165, 1.54) is 10.9 Å². The molecule has 0 spiro atoms. The first-order valence-electron chi connectivity index (χ1n) is 8.25. The lowest BCUT2D eigenvalue weighted by atomic mass is 10.3. The maximum absolute atomic E-state index is 13.1. The summed E-state index contributed by atoms with van der Waals surface area (Å²) in [6, 6.07) is 1.85. The molecule has 11 heteroatoms. The Balaban J connectivity index is 1.50. The largest absolute Gasteiger partial charge is 0.367 e. The predicted molar refractivity (Wildman–Crippen MR) is 93.2 cm³/mol. The highest BCUT2D eigenvalue weighted by Crippen LogP contribution is 2.49. The van der Waals surface area contributed by atoms with Gasteiger partial charge in [-0.25, -0.2) is 27.8 Å². The van der Waals surface area contributed by atoms with Crippen LogP contribution in [-0.4, -0.2) is 36.1 Å². The number of thiazole rings is 1. The second-order valence-electron chi connectivity index (χ2n) is 6.44. The summed E-state index contributed by atoms with van der Waals surface area (Å²) in [4.78, 5) is 32.3. The fourth-order valence-corrected chi connectivity index (χ4v) is 3.64. The van der Waals surface area contributed by atoms with Crippen molar-refractivity contribution in [2.45, 2.75) is 32.4 Å². The number of H-pyrrole nitrogens is 1. The Labute approximate surface area is 155 Å². The van der Waals surface area contributed by atoms with E-state index in [0.29, 0.717) is 17.1 Å². The van der Waals surface area contributed by atoms with Gasteiger partial charge in [0.15, 0.2) is 5.13 Å². The Morgan fingerprint density at radius 3 is 2.96 bits per heavy atom. The average Bonchev–Trinajstić information content (AvgIpc) is 3.09. The minimum Gasteiger partial charge on any atom is -0.367 e. The van der Waals surface area contributed by atoms with Crippen LogP contribution in [0.1, 0.15) is 27.3 Å². The lowest BCUT2D eigenvalue weighted by Gasteiger charge is -2.01. The third-order valence-electron chi connectivity index (χ3n) is 4.40. The number of halogens is 2. The molecule has 3 aromatic heterocycles. The van der Waals surface area contributed by atoms with Gasteiger partial charge in [0.25, 0.3) is 11.8 Å². The molecule has 4 rings (SSSR count). The summed E-state index contributed by atoms with van der Waals surface area (Å²) in [6.45, 7) is 1.90. The molecule has 1 amide bonds. The first-order valence-corrected chi connectivity index (χ1v) is 9.07. The molecule has 1 aliphatic rings. The molecule has 8 nitrogen and oxygen atoms in total. The molecule has 0 saturated heterocycles. The Morgan fingerprint density at radius 2 is 2.30 bits per heavy atom. The summed E-state index contributed by atoms with van der Waals surface area (Å²) in [5.74, 6) is -3.87. The molecule has 1 unspecified atom stereocenters. The number of rotatable bonds is 6. The van der Waals surface area contributed by atoms with Gasteiger partial charge in [0.2, 0.25) is 0 Å². The number of hydrogen-bond donors (Lipinski definition) is 2. The number of nitrogens with zero attached hydrogens (tertiary/aromatic N) is 4. The maximum Gasteiger partial charge on any atom is 0.352 e. The highest BCUT2D eigenvalue weighted by molar-refractivity contribution is 7.16. The van der Waals surface area contributed by atoms with E-state index in [9.17, 15) is 18.4 Å². The first-order chi connectivity index (χ1) is 12.8. The second kappa shape index (κ2) is 6.41. The smallest absolute Gasteiger partial charge is 0.352 e. The average molecular weight is 394 g/mol. The van der Waals surface area contributed by atoms with E-state index in [-0.39, 0.29) is 24.0 Å². The van der Waals surface area contributed by atoms with Gasteiger partial charge in [-0.1, -0.05) is 11.3 Å². The number of nitrogens with one attached hydrogen (secondary N) is 2. The number of aromatic nitrogens is 5. The van der Waals surface area contributed by atoms with Crippen LogP contribution in [0.2, 0.25) is 0 Å². The highest BCUT2D eigenvalue weighted by Gasteiger charge is 2.57. The van der Waals surface area contributed by atoms with Crippen molar-refractivity contribution in [3.8, 4) is 5.13 Å². The summed E-state index contributed by atoms with van der Waals surface area (Å²) in [6.07, 6.45) is 4.55. The topological polar surface area (TPSA) is 97.6 Å². The van der Waals surface area contributed by atoms with Crippen molar-refractivity contribution in [1.82, 2.24) is 29.6 Å². The first kappa shape index (κ1) is 17.6. The zero-order valence-electron chi connectivity index (χ0n) is 14.3. The summed E-state index contributed by atoms with van der Waals surface area (Å²) >= 11 is 1.05. The monoisotopic (exact) mass is 394 g/mol. The Morgan fingerprint density at radius 1 is 1.52 bits per heavy atom. The molecule has 0 bridgehead atoms. The van der Waals surface area contributed by atoms with Crippen molar-refractivity contribution in [2.24, 2.45) is 5.92 Å². The number of alkyl halides is 2. The number of aryl methyl sites for hydroxylation is 1. The summed E-state index contributed by atoms with van der Waals surface area (Å²) in [5, 5.41) is 6.95. The number of carbonyl (C=O) groups excluding carboxylic acids is 1. The molecular weight excluding hydrogens is 378 g/mol. The third-order valence-corrected chi connectivity index (χ3v) is 5.55. The van der Waals surface area contributed by atoms with Crippen molar-refractivity contribution in [1.29, 1.82) is 0 Å². The van der Waals surface area contributed by atoms with E-state index in [1.54, 1.807) is 19.3 Å². The van der Waals surface area contributed by atoms with E-state index in [2.05, 4.69) is 20.4 Å². The fraction of sp³-hybridized carbons (Fsp3) is 0.375. The fourth-order valence-electron chi connectivity index (χ4n) is 2.70. The molecule has 3 heterocycles. The lowest BCUT2D eigenvalue weighted by molar-refractivity contribution is 0.0936. The van der Waals surface area contributed by atoms with Crippen molar-refractivity contribution in [3.63, 3.8) is 0 Å². The van der Waals surface area contributed by atoms with Crippen molar-refractivity contribution in [2.75, 3.05) is 0 Å². The van der Waals surface area contributed by atoms with Gasteiger partial charge < -0.3 is 10.3 Å². The van der Waals surface area contributed by atoms with Crippen molar-refractivity contribution in [3.05, 3.63) is 51.4 Å². The van der Waals surface area contributed by atoms with Crippen molar-refractivity contribution >= 4 is 17.2 Å². The molecule has 27 heavy (non-hydrogen) atoms. The van der Waals surface area contributed by atoms with Crippen LogP contribution in [0.3, 0.4) is 0 Å².